The Balaban J connectivity index is 1.43. The highest BCUT2D eigenvalue weighted by atomic mass is 14.8. The Morgan fingerprint density at radius 1 is 0.355 bits per heavy atom. The van der Waals surface area contributed by atoms with Gasteiger partial charge in [-0.15, -0.1) is 0 Å². The fourth-order valence-corrected chi connectivity index (χ4v) is 4.04. The van der Waals surface area contributed by atoms with Gasteiger partial charge in [-0.25, -0.2) is 0 Å². The van der Waals surface area contributed by atoms with Crippen LogP contribution in [0.25, 0.3) is 0 Å². The van der Waals surface area contributed by atoms with Crippen LogP contribution in [0, 0.1) is 0 Å². The molecule has 0 radical (unpaired) electrons. The van der Waals surface area contributed by atoms with Gasteiger partial charge in [0, 0.05) is 13.1 Å². The third-order valence-corrected chi connectivity index (χ3v) is 5.70. The number of rotatable bonds is 10. The van der Waals surface area contributed by atoms with Crippen LogP contribution in [-0.2, 0) is 38.8 Å². The molecule has 0 saturated carbocycles. The Morgan fingerprint density at radius 2 is 0.710 bits per heavy atom. The Labute approximate surface area is 186 Å². The van der Waals surface area contributed by atoms with E-state index in [1.165, 1.54) is 33.4 Å². The zero-order chi connectivity index (χ0) is 21.1. The minimum absolute atomic E-state index is 0.895. The van der Waals surface area contributed by atoms with Gasteiger partial charge in [-0.3, -0.25) is 0 Å². The first-order valence-corrected chi connectivity index (χ1v) is 11.3. The second kappa shape index (κ2) is 11.3. The average molecular weight is 406 g/mol. The molecule has 1 nitrogen and oxygen atoms in total. The van der Waals surface area contributed by atoms with Gasteiger partial charge in [0.2, 0.25) is 0 Å². The maximum Gasteiger partial charge on any atom is 0.0208 e. The molecule has 4 aromatic carbocycles. The van der Waals surface area contributed by atoms with E-state index in [2.05, 4.69) is 115 Å². The van der Waals surface area contributed by atoms with E-state index >= 15 is 0 Å². The third-order valence-electron chi connectivity index (χ3n) is 5.70. The molecule has 0 heterocycles. The first-order valence-electron chi connectivity index (χ1n) is 11.3. The molecule has 0 aliphatic carbocycles. The molecule has 0 saturated heterocycles. The number of hydrogen-bond acceptors (Lipinski definition) is 1. The molecule has 1 N–H and O–H groups in total. The van der Waals surface area contributed by atoms with Crippen LogP contribution in [0.15, 0.2) is 109 Å². The van der Waals surface area contributed by atoms with Gasteiger partial charge in [0.05, 0.1) is 0 Å². The first kappa shape index (κ1) is 21.1. The lowest BCUT2D eigenvalue weighted by molar-refractivity contribution is 0.691. The number of aryl methyl sites for hydroxylation is 4. The zero-order valence-electron chi connectivity index (χ0n) is 18.1. The standard InChI is InChI=1S/C30H31N/c1-4-10-25(11-5-1)16-18-28-20-29(19-17-26-12-6-2-7-13-26)22-30(21-28)24-31-23-27-14-8-3-9-15-27/h1-15,20-22,31H,16-19,23-24H2. The molecule has 156 valence electrons. The van der Waals surface area contributed by atoms with Crippen molar-refractivity contribution in [2.75, 3.05) is 0 Å². The van der Waals surface area contributed by atoms with Crippen LogP contribution in [0.1, 0.15) is 33.4 Å². The van der Waals surface area contributed by atoms with Crippen molar-refractivity contribution in [2.24, 2.45) is 0 Å². The molecule has 0 fully saturated rings. The number of nitrogens with one attached hydrogen (secondary N) is 1. The van der Waals surface area contributed by atoms with E-state index in [1.54, 1.807) is 0 Å². The Bertz CT molecular complexity index is 978. The molecule has 0 aliphatic heterocycles. The van der Waals surface area contributed by atoms with E-state index in [0.717, 1.165) is 38.8 Å². The minimum atomic E-state index is 0.895. The highest BCUT2D eigenvalue weighted by Crippen LogP contribution is 2.16. The van der Waals surface area contributed by atoms with Crippen molar-refractivity contribution >= 4 is 0 Å². The lowest BCUT2D eigenvalue weighted by Gasteiger charge is -2.12. The van der Waals surface area contributed by atoms with Crippen molar-refractivity contribution < 1.29 is 0 Å². The number of benzene rings is 4. The zero-order valence-corrected chi connectivity index (χ0v) is 18.1. The summed E-state index contributed by atoms with van der Waals surface area (Å²) in [5, 5.41) is 3.62. The molecule has 4 aromatic rings. The topological polar surface area (TPSA) is 12.0 Å². The lowest BCUT2D eigenvalue weighted by atomic mass is 9.96. The maximum atomic E-state index is 3.62. The molecule has 0 atom stereocenters. The fraction of sp³-hybridized carbons (Fsp3) is 0.200. The first-order chi connectivity index (χ1) is 15.3. The predicted molar refractivity (Wildman–Crippen MR) is 131 cm³/mol. The van der Waals surface area contributed by atoms with Crippen molar-refractivity contribution in [1.29, 1.82) is 0 Å². The van der Waals surface area contributed by atoms with Crippen LogP contribution in [0.3, 0.4) is 0 Å². The van der Waals surface area contributed by atoms with Crippen LogP contribution < -0.4 is 5.32 Å². The molecule has 31 heavy (non-hydrogen) atoms. The van der Waals surface area contributed by atoms with Crippen LogP contribution in [0.2, 0.25) is 0 Å². The second-order valence-corrected chi connectivity index (χ2v) is 8.22. The molecule has 0 spiro atoms. The summed E-state index contributed by atoms with van der Waals surface area (Å²) >= 11 is 0. The summed E-state index contributed by atoms with van der Waals surface area (Å²) in [4.78, 5) is 0. The highest BCUT2D eigenvalue weighted by molar-refractivity contribution is 5.32. The summed E-state index contributed by atoms with van der Waals surface area (Å²) in [6.45, 7) is 1.79. The molecule has 0 aromatic heterocycles. The second-order valence-electron chi connectivity index (χ2n) is 8.22. The molecular weight excluding hydrogens is 374 g/mol. The average Bonchev–Trinajstić information content (AvgIpc) is 2.83. The van der Waals surface area contributed by atoms with Gasteiger partial charge in [-0.05, 0) is 59.1 Å². The fourth-order valence-electron chi connectivity index (χ4n) is 4.04. The van der Waals surface area contributed by atoms with Crippen molar-refractivity contribution in [2.45, 2.75) is 38.8 Å². The van der Waals surface area contributed by atoms with E-state index in [1.807, 2.05) is 0 Å². The predicted octanol–water partition coefficient (Wildman–Crippen LogP) is 6.55. The minimum Gasteiger partial charge on any atom is -0.309 e. The Kier molecular flexibility index (Phi) is 7.68. The normalized spacial score (nSPS) is 10.8. The summed E-state index contributed by atoms with van der Waals surface area (Å²) in [6, 6.07) is 39.4. The SMILES string of the molecule is c1ccc(CCc2cc(CCc3ccccc3)cc(CNCc3ccccc3)c2)cc1. The van der Waals surface area contributed by atoms with Crippen LogP contribution >= 0.6 is 0 Å². The van der Waals surface area contributed by atoms with Crippen LogP contribution in [0.5, 0.6) is 0 Å². The molecule has 0 bridgehead atoms. The molecular formula is C30H31N. The lowest BCUT2D eigenvalue weighted by Crippen LogP contribution is -2.13. The van der Waals surface area contributed by atoms with Gasteiger partial charge in [-0.2, -0.15) is 0 Å². The summed E-state index contributed by atoms with van der Waals surface area (Å²) < 4.78 is 0. The van der Waals surface area contributed by atoms with Gasteiger partial charge in [-0.1, -0.05) is 109 Å². The largest absolute Gasteiger partial charge is 0.309 e. The van der Waals surface area contributed by atoms with Gasteiger partial charge >= 0.3 is 0 Å². The van der Waals surface area contributed by atoms with E-state index in [9.17, 15) is 0 Å². The van der Waals surface area contributed by atoms with Crippen LogP contribution in [-0.4, -0.2) is 0 Å². The summed E-state index contributed by atoms with van der Waals surface area (Å²) in [6.07, 6.45) is 4.32. The van der Waals surface area contributed by atoms with Crippen molar-refractivity contribution in [1.82, 2.24) is 5.32 Å². The smallest absolute Gasteiger partial charge is 0.0208 e. The molecule has 0 amide bonds. The van der Waals surface area contributed by atoms with Crippen molar-refractivity contribution in [3.8, 4) is 0 Å². The maximum absolute atomic E-state index is 3.62. The third kappa shape index (κ3) is 6.94. The summed E-state index contributed by atoms with van der Waals surface area (Å²) in [5.41, 5.74) is 8.38. The van der Waals surface area contributed by atoms with Gasteiger partial charge in [0.1, 0.15) is 0 Å². The Hall–Kier alpha value is -3.16. The molecule has 0 unspecified atom stereocenters. The number of hydrogen-bond donors (Lipinski definition) is 1. The summed E-state index contributed by atoms with van der Waals surface area (Å²) in [7, 11) is 0. The van der Waals surface area contributed by atoms with Gasteiger partial charge in [0.25, 0.3) is 0 Å². The highest BCUT2D eigenvalue weighted by Gasteiger charge is 2.04. The van der Waals surface area contributed by atoms with E-state index < -0.39 is 0 Å². The quantitative estimate of drug-likeness (QED) is 0.315. The molecule has 4 rings (SSSR count). The van der Waals surface area contributed by atoms with Crippen LogP contribution in [0.4, 0.5) is 0 Å². The monoisotopic (exact) mass is 405 g/mol. The molecule has 0 aliphatic rings. The van der Waals surface area contributed by atoms with Gasteiger partial charge in [0.15, 0.2) is 0 Å². The summed E-state index contributed by atoms with van der Waals surface area (Å²) in [5.74, 6) is 0. The van der Waals surface area contributed by atoms with E-state index in [-0.39, 0.29) is 0 Å². The van der Waals surface area contributed by atoms with Crippen molar-refractivity contribution in [3.05, 3.63) is 143 Å². The Morgan fingerprint density at radius 3 is 1.19 bits per heavy atom. The van der Waals surface area contributed by atoms with E-state index in [0.29, 0.717) is 0 Å². The van der Waals surface area contributed by atoms with E-state index in [4.69, 9.17) is 0 Å². The molecule has 1 heteroatoms. The van der Waals surface area contributed by atoms with Gasteiger partial charge < -0.3 is 5.32 Å². The van der Waals surface area contributed by atoms with Crippen molar-refractivity contribution in [3.63, 3.8) is 0 Å².